The Kier molecular flexibility index (Phi) is 11.1. The van der Waals surface area contributed by atoms with Gasteiger partial charge in [-0.2, -0.15) is 0 Å². The summed E-state index contributed by atoms with van der Waals surface area (Å²) in [5.41, 5.74) is -0.363. The molecule has 1 N–H and O–H groups in total. The highest BCUT2D eigenvalue weighted by Gasteiger charge is 2.32. The summed E-state index contributed by atoms with van der Waals surface area (Å²) >= 11 is 0. The van der Waals surface area contributed by atoms with Crippen LogP contribution >= 0.6 is 0 Å². The first kappa shape index (κ1) is 26.5. The largest absolute Gasteiger partial charge is 0.379 e. The number of rotatable bonds is 9. The number of aliphatic hydroxyl groups is 1. The topological polar surface area (TPSA) is 71.5 Å². The number of carbonyl (C=O) groups excluding carboxylic acids is 1. The lowest BCUT2D eigenvalue weighted by Crippen LogP contribution is -2.40. The predicted octanol–water partition coefficient (Wildman–Crippen LogP) is 2.44. The van der Waals surface area contributed by atoms with Gasteiger partial charge in [0.25, 0.3) is 0 Å². The molecular weight excluding hydrogens is 432 g/mol. The summed E-state index contributed by atoms with van der Waals surface area (Å²) in [4.78, 5) is 17.0. The Labute approximate surface area is 203 Å². The lowest BCUT2D eigenvalue weighted by Gasteiger charge is -2.27. The third-order valence-electron chi connectivity index (χ3n) is 6.13. The zero-order valence-electron chi connectivity index (χ0n) is 20.2. The fourth-order valence-corrected chi connectivity index (χ4v) is 3.90. The van der Waals surface area contributed by atoms with E-state index < -0.39 is 5.60 Å². The van der Waals surface area contributed by atoms with Crippen LogP contribution < -0.4 is 0 Å². The van der Waals surface area contributed by atoms with Gasteiger partial charge in [0.05, 0.1) is 39.6 Å². The lowest BCUT2D eigenvalue weighted by molar-refractivity contribution is 0.00538. The minimum Gasteiger partial charge on any atom is -0.379 e. The van der Waals surface area contributed by atoms with Crippen LogP contribution in [-0.4, -0.2) is 99.6 Å². The molecule has 2 aromatic carbocycles. The van der Waals surface area contributed by atoms with Gasteiger partial charge in [0.15, 0.2) is 5.78 Å². The van der Waals surface area contributed by atoms with Crippen molar-refractivity contribution >= 4 is 5.78 Å². The van der Waals surface area contributed by atoms with Crippen LogP contribution in [0.15, 0.2) is 60.7 Å². The molecule has 0 aliphatic carbocycles. The van der Waals surface area contributed by atoms with Gasteiger partial charge in [-0.15, -0.1) is 0 Å². The molecule has 2 heterocycles. The maximum atomic E-state index is 12.2. The van der Waals surface area contributed by atoms with Crippen LogP contribution in [0.2, 0.25) is 0 Å². The van der Waals surface area contributed by atoms with Gasteiger partial charge in [-0.25, -0.2) is 0 Å². The van der Waals surface area contributed by atoms with Crippen LogP contribution in [0.4, 0.5) is 0 Å². The summed E-state index contributed by atoms with van der Waals surface area (Å²) in [7, 11) is 0. The van der Waals surface area contributed by atoms with E-state index in [-0.39, 0.29) is 5.78 Å². The number of ketones is 1. The summed E-state index contributed by atoms with van der Waals surface area (Å²) < 4.78 is 16.3. The molecular formula is C27H38N2O5. The summed E-state index contributed by atoms with van der Waals surface area (Å²) in [6.45, 7) is 12.9. The molecule has 34 heavy (non-hydrogen) atoms. The molecule has 0 saturated carbocycles. The Bertz CT molecular complexity index is 799. The zero-order valence-corrected chi connectivity index (χ0v) is 20.2. The molecule has 0 spiro atoms. The van der Waals surface area contributed by atoms with Crippen molar-refractivity contribution in [2.75, 3.05) is 78.9 Å². The molecule has 2 fully saturated rings. The number of hydrogen-bond donors (Lipinski definition) is 1. The minimum atomic E-state index is -1.48. The Morgan fingerprint density at radius 2 is 1.26 bits per heavy atom. The van der Waals surface area contributed by atoms with E-state index in [1.165, 1.54) is 6.92 Å². The molecule has 1 atom stereocenters. The maximum Gasteiger partial charge on any atom is 0.198 e. The number of benzene rings is 2. The molecule has 186 valence electrons. The monoisotopic (exact) mass is 470 g/mol. The number of carbonyl (C=O) groups is 1. The Balaban J connectivity index is 0.000000191. The highest BCUT2D eigenvalue weighted by molar-refractivity contribution is 6.02. The number of morpholine rings is 2. The van der Waals surface area contributed by atoms with Crippen LogP contribution in [0, 0.1) is 0 Å². The molecule has 4 rings (SSSR count). The van der Waals surface area contributed by atoms with Crippen LogP contribution in [0.25, 0.3) is 0 Å². The second-order valence-electron chi connectivity index (χ2n) is 8.65. The van der Waals surface area contributed by atoms with Crippen LogP contribution in [-0.2, 0) is 19.8 Å². The molecule has 2 aromatic rings. The quantitative estimate of drug-likeness (QED) is 0.446. The van der Waals surface area contributed by atoms with Crippen molar-refractivity contribution in [3.63, 3.8) is 0 Å². The smallest absolute Gasteiger partial charge is 0.198 e. The van der Waals surface area contributed by atoms with E-state index in [1.54, 1.807) is 36.4 Å². The van der Waals surface area contributed by atoms with Crippen molar-refractivity contribution in [2.24, 2.45) is 0 Å². The molecule has 1 unspecified atom stereocenters. The highest BCUT2D eigenvalue weighted by Crippen LogP contribution is 2.24. The summed E-state index contributed by atoms with van der Waals surface area (Å²) in [6, 6.07) is 17.8. The van der Waals surface area contributed by atoms with Crippen molar-refractivity contribution in [1.82, 2.24) is 9.80 Å². The fourth-order valence-electron chi connectivity index (χ4n) is 3.90. The summed E-state index contributed by atoms with van der Waals surface area (Å²) in [5.74, 6) is -0.288. The van der Waals surface area contributed by atoms with Gasteiger partial charge in [0, 0.05) is 44.8 Å². The molecule has 0 amide bonds. The van der Waals surface area contributed by atoms with Gasteiger partial charge in [-0.1, -0.05) is 60.7 Å². The second-order valence-corrected chi connectivity index (χ2v) is 8.65. The van der Waals surface area contributed by atoms with Gasteiger partial charge in [0.2, 0.25) is 0 Å². The molecule has 0 aromatic heterocycles. The normalized spacial score (nSPS) is 19.0. The van der Waals surface area contributed by atoms with E-state index in [4.69, 9.17) is 14.2 Å². The molecule has 0 bridgehead atoms. The van der Waals surface area contributed by atoms with Gasteiger partial charge in [0.1, 0.15) is 5.60 Å². The first-order valence-electron chi connectivity index (χ1n) is 12.1. The van der Waals surface area contributed by atoms with Crippen molar-refractivity contribution in [3.8, 4) is 0 Å². The first-order chi connectivity index (χ1) is 16.6. The SMILES string of the molecule is C1CN(CCOCCN2CCOCC2)CCO1.CC(O)(C(=O)c1ccccc1)c1ccccc1. The zero-order chi connectivity index (χ0) is 24.1. The number of ether oxygens (including phenoxy) is 3. The van der Waals surface area contributed by atoms with Crippen LogP contribution in [0.5, 0.6) is 0 Å². The van der Waals surface area contributed by atoms with E-state index in [0.717, 1.165) is 78.9 Å². The Morgan fingerprint density at radius 1 is 0.824 bits per heavy atom. The van der Waals surface area contributed by atoms with Gasteiger partial charge < -0.3 is 19.3 Å². The average Bonchev–Trinajstić information content (AvgIpc) is 2.90. The molecule has 0 radical (unpaired) electrons. The molecule has 2 aliphatic rings. The Hall–Kier alpha value is -2.13. The molecule has 2 saturated heterocycles. The minimum absolute atomic E-state index is 0.288. The maximum absolute atomic E-state index is 12.2. The molecule has 7 heteroatoms. The van der Waals surface area contributed by atoms with E-state index in [9.17, 15) is 9.90 Å². The van der Waals surface area contributed by atoms with Gasteiger partial charge >= 0.3 is 0 Å². The van der Waals surface area contributed by atoms with Crippen LogP contribution in [0.3, 0.4) is 0 Å². The van der Waals surface area contributed by atoms with Crippen LogP contribution in [0.1, 0.15) is 22.8 Å². The van der Waals surface area contributed by atoms with E-state index in [2.05, 4.69) is 9.80 Å². The third-order valence-corrected chi connectivity index (χ3v) is 6.13. The lowest BCUT2D eigenvalue weighted by atomic mass is 9.88. The number of nitrogens with zero attached hydrogens (tertiary/aromatic N) is 2. The predicted molar refractivity (Wildman–Crippen MR) is 132 cm³/mol. The van der Waals surface area contributed by atoms with Crippen molar-refractivity contribution in [2.45, 2.75) is 12.5 Å². The summed E-state index contributed by atoms with van der Waals surface area (Å²) in [5, 5.41) is 10.4. The van der Waals surface area contributed by atoms with Crippen molar-refractivity contribution in [1.29, 1.82) is 0 Å². The average molecular weight is 471 g/mol. The van der Waals surface area contributed by atoms with Crippen molar-refractivity contribution < 1.29 is 24.1 Å². The number of Topliss-reactive ketones (excluding diaryl/α,β-unsaturated/α-hetero) is 1. The highest BCUT2D eigenvalue weighted by atomic mass is 16.5. The third kappa shape index (κ3) is 8.58. The van der Waals surface area contributed by atoms with E-state index >= 15 is 0 Å². The Morgan fingerprint density at radius 3 is 1.74 bits per heavy atom. The number of hydrogen-bond acceptors (Lipinski definition) is 7. The second kappa shape index (κ2) is 14.3. The summed E-state index contributed by atoms with van der Waals surface area (Å²) in [6.07, 6.45) is 0. The van der Waals surface area contributed by atoms with Gasteiger partial charge in [-0.05, 0) is 12.5 Å². The standard InChI is InChI=1S/C15H14O2.C12H24N2O3/c1-15(17,13-10-6-3-7-11-13)14(16)12-8-4-2-5-9-12;1-7-15-8-2-13(1)5-11-17-12-6-14-3-9-16-10-4-14/h2-11,17H,1H3;1-12H2. The van der Waals surface area contributed by atoms with E-state index in [0.29, 0.717) is 11.1 Å². The molecule has 7 nitrogen and oxygen atoms in total. The molecule has 2 aliphatic heterocycles. The first-order valence-corrected chi connectivity index (χ1v) is 12.1. The van der Waals surface area contributed by atoms with Crippen molar-refractivity contribution in [3.05, 3.63) is 71.8 Å². The van der Waals surface area contributed by atoms with Gasteiger partial charge in [-0.3, -0.25) is 14.6 Å². The fraction of sp³-hybridized carbons (Fsp3) is 0.519. The van der Waals surface area contributed by atoms with E-state index in [1.807, 2.05) is 24.3 Å².